The number of aromatic nitrogens is 2. The molecule has 36 heavy (non-hydrogen) atoms. The minimum Gasteiger partial charge on any atom is -0.487 e. The van der Waals surface area contributed by atoms with Crippen LogP contribution < -0.4 is 14.4 Å². The zero-order chi connectivity index (χ0) is 26.1. The van der Waals surface area contributed by atoms with Crippen molar-refractivity contribution in [2.75, 3.05) is 29.0 Å². The number of anilines is 2. The molecular formula is C26H28FN5O3S. The molecule has 188 valence electrons. The Bertz CT molecular complexity index is 1410. The molecule has 0 amide bonds. The maximum Gasteiger partial charge on any atom is 0.236 e. The summed E-state index contributed by atoms with van der Waals surface area (Å²) in [5.74, 6) is 0.693. The van der Waals surface area contributed by atoms with Crippen molar-refractivity contribution in [3.05, 3.63) is 76.9 Å². The third-order valence-corrected chi connectivity index (χ3v) is 6.79. The molecule has 0 unspecified atom stereocenters. The third kappa shape index (κ3) is 5.57. The van der Waals surface area contributed by atoms with Crippen molar-refractivity contribution in [3.8, 4) is 11.8 Å². The van der Waals surface area contributed by atoms with Gasteiger partial charge in [0.2, 0.25) is 16.0 Å². The van der Waals surface area contributed by atoms with Gasteiger partial charge in [0.1, 0.15) is 24.2 Å². The molecule has 3 aromatic rings. The number of hydrogen-bond donors (Lipinski definition) is 1. The average molecular weight is 510 g/mol. The van der Waals surface area contributed by atoms with Crippen molar-refractivity contribution < 1.29 is 17.5 Å². The molecule has 1 aliphatic rings. The van der Waals surface area contributed by atoms with Gasteiger partial charge in [-0.3, -0.25) is 4.72 Å². The lowest BCUT2D eigenvalue weighted by Gasteiger charge is -2.40. The molecule has 0 bridgehead atoms. The van der Waals surface area contributed by atoms with E-state index in [1.807, 2.05) is 43.0 Å². The molecule has 1 fully saturated rings. The Morgan fingerprint density at radius 1 is 1.19 bits per heavy atom. The molecule has 2 aromatic carbocycles. The zero-order valence-corrected chi connectivity index (χ0v) is 21.4. The molecule has 0 saturated carbocycles. The number of rotatable bonds is 8. The average Bonchev–Trinajstić information content (AvgIpc) is 2.80. The highest BCUT2D eigenvalue weighted by Gasteiger charge is 2.31. The molecule has 1 aromatic heterocycles. The van der Waals surface area contributed by atoms with E-state index in [1.54, 1.807) is 12.1 Å². The summed E-state index contributed by atoms with van der Waals surface area (Å²) in [5, 5.41) is 9.70. The van der Waals surface area contributed by atoms with Crippen molar-refractivity contribution in [2.45, 2.75) is 32.8 Å². The van der Waals surface area contributed by atoms with E-state index in [9.17, 15) is 13.7 Å². The summed E-state index contributed by atoms with van der Waals surface area (Å²) in [4.78, 5) is 9.94. The second-order valence-electron chi connectivity index (χ2n) is 9.66. The van der Waals surface area contributed by atoms with E-state index in [1.165, 1.54) is 12.3 Å². The molecule has 1 aliphatic heterocycles. The van der Waals surface area contributed by atoms with E-state index in [-0.39, 0.29) is 18.4 Å². The van der Waals surface area contributed by atoms with Gasteiger partial charge in [-0.2, -0.15) is 5.26 Å². The SMILES string of the molecule is CC1CN(c2c(F)cc(C(C)(C)c3ccc(OCc4ccnc(NS(C)(=O)=O)n4)cc3)cc2C#N)C1. The highest BCUT2D eigenvalue weighted by Crippen LogP contribution is 2.38. The first-order chi connectivity index (χ1) is 17.0. The number of halogens is 1. The van der Waals surface area contributed by atoms with E-state index in [2.05, 4.69) is 27.7 Å². The lowest BCUT2D eigenvalue weighted by Crippen LogP contribution is -2.46. The quantitative estimate of drug-likeness (QED) is 0.484. The van der Waals surface area contributed by atoms with Gasteiger partial charge in [-0.15, -0.1) is 0 Å². The largest absolute Gasteiger partial charge is 0.487 e. The van der Waals surface area contributed by atoms with Crippen LogP contribution in [0, 0.1) is 23.1 Å². The number of sulfonamides is 1. The number of benzene rings is 2. The molecule has 0 spiro atoms. The van der Waals surface area contributed by atoms with Gasteiger partial charge in [0.15, 0.2) is 0 Å². The number of nitrogens with zero attached hydrogens (tertiary/aromatic N) is 4. The highest BCUT2D eigenvalue weighted by atomic mass is 32.2. The fourth-order valence-corrected chi connectivity index (χ4v) is 4.66. The molecule has 8 nitrogen and oxygen atoms in total. The van der Waals surface area contributed by atoms with E-state index in [4.69, 9.17) is 4.74 Å². The smallest absolute Gasteiger partial charge is 0.236 e. The molecule has 10 heteroatoms. The Morgan fingerprint density at radius 2 is 1.89 bits per heavy atom. The lowest BCUT2D eigenvalue weighted by atomic mass is 9.77. The number of hydrogen-bond acceptors (Lipinski definition) is 7. The third-order valence-electron chi connectivity index (χ3n) is 6.24. The van der Waals surface area contributed by atoms with Crippen LogP contribution in [0.4, 0.5) is 16.0 Å². The minimum atomic E-state index is -3.48. The maximum atomic E-state index is 15.1. The molecule has 0 aliphatic carbocycles. The predicted octanol–water partition coefficient (Wildman–Crippen LogP) is 4.22. The van der Waals surface area contributed by atoms with Crippen LogP contribution in [0.2, 0.25) is 0 Å². The minimum absolute atomic E-state index is 0.0192. The van der Waals surface area contributed by atoms with E-state index >= 15 is 4.39 Å². The molecule has 2 heterocycles. The van der Waals surface area contributed by atoms with Crippen LogP contribution in [0.15, 0.2) is 48.7 Å². The summed E-state index contributed by atoms with van der Waals surface area (Å²) in [6.07, 6.45) is 2.48. The van der Waals surface area contributed by atoms with E-state index < -0.39 is 15.4 Å². The summed E-state index contributed by atoms with van der Waals surface area (Å²) in [6, 6.07) is 14.5. The number of ether oxygens (including phenoxy) is 1. The number of nitriles is 1. The standard InChI is InChI=1S/C26H28FN5O3S/c1-17-14-32(15-17)24-18(13-28)11-20(12-23(24)27)26(2,3)19-5-7-22(8-6-19)35-16-21-9-10-29-25(30-21)31-36(4,33)34/h5-12,17H,14-16H2,1-4H3,(H,29,30,31). The maximum absolute atomic E-state index is 15.1. The molecular weight excluding hydrogens is 481 g/mol. The van der Waals surface area contributed by atoms with Gasteiger partial charge in [-0.1, -0.05) is 32.9 Å². The van der Waals surface area contributed by atoms with Crippen molar-refractivity contribution in [3.63, 3.8) is 0 Å². The Morgan fingerprint density at radius 3 is 2.50 bits per heavy atom. The summed E-state index contributed by atoms with van der Waals surface area (Å²) in [5.41, 5.74) is 2.35. The summed E-state index contributed by atoms with van der Waals surface area (Å²) in [7, 11) is -3.48. The molecule has 0 atom stereocenters. The molecule has 1 saturated heterocycles. The Hall–Kier alpha value is -3.71. The van der Waals surface area contributed by atoms with Gasteiger partial charge < -0.3 is 9.64 Å². The molecule has 0 radical (unpaired) electrons. The van der Waals surface area contributed by atoms with Crippen molar-refractivity contribution in [2.24, 2.45) is 5.92 Å². The van der Waals surface area contributed by atoms with Crippen molar-refractivity contribution in [1.29, 1.82) is 5.26 Å². The first-order valence-corrected chi connectivity index (χ1v) is 13.4. The topological polar surface area (TPSA) is 108 Å². The van der Waals surface area contributed by atoms with Gasteiger partial charge in [0, 0.05) is 24.7 Å². The van der Waals surface area contributed by atoms with E-state index in [0.717, 1.165) is 30.5 Å². The van der Waals surface area contributed by atoms with Gasteiger partial charge in [0.05, 0.1) is 23.2 Å². The van der Waals surface area contributed by atoms with Crippen LogP contribution in [0.5, 0.6) is 5.75 Å². The van der Waals surface area contributed by atoms with Gasteiger partial charge in [-0.25, -0.2) is 22.8 Å². The van der Waals surface area contributed by atoms with Crippen molar-refractivity contribution in [1.82, 2.24) is 9.97 Å². The Kier molecular flexibility index (Phi) is 6.87. The van der Waals surface area contributed by atoms with Crippen molar-refractivity contribution >= 4 is 21.7 Å². The summed E-state index contributed by atoms with van der Waals surface area (Å²) < 4.78 is 45.9. The normalized spacial score (nSPS) is 14.2. The first kappa shape index (κ1) is 25.4. The fourth-order valence-electron chi connectivity index (χ4n) is 4.23. The van der Waals surface area contributed by atoms with Crippen LogP contribution in [-0.2, 0) is 22.0 Å². The first-order valence-electron chi connectivity index (χ1n) is 11.5. The summed E-state index contributed by atoms with van der Waals surface area (Å²) >= 11 is 0. The summed E-state index contributed by atoms with van der Waals surface area (Å²) in [6.45, 7) is 7.70. The molecule has 4 rings (SSSR count). The Labute approximate surface area is 210 Å². The van der Waals surface area contributed by atoms with Crippen LogP contribution in [0.3, 0.4) is 0 Å². The second-order valence-corrected chi connectivity index (χ2v) is 11.4. The monoisotopic (exact) mass is 509 g/mol. The predicted molar refractivity (Wildman–Crippen MR) is 136 cm³/mol. The number of nitrogens with one attached hydrogen (secondary N) is 1. The Balaban J connectivity index is 1.49. The van der Waals surface area contributed by atoms with Crippen LogP contribution >= 0.6 is 0 Å². The highest BCUT2D eigenvalue weighted by molar-refractivity contribution is 7.91. The second kappa shape index (κ2) is 9.74. The van der Waals surface area contributed by atoms with Crippen LogP contribution in [-0.4, -0.2) is 37.7 Å². The van der Waals surface area contributed by atoms with E-state index in [0.29, 0.717) is 28.6 Å². The van der Waals surface area contributed by atoms with Gasteiger partial charge >= 0.3 is 0 Å². The molecule has 1 N–H and O–H groups in total. The van der Waals surface area contributed by atoms with Crippen LogP contribution in [0.1, 0.15) is 43.2 Å². The van der Waals surface area contributed by atoms with Gasteiger partial charge in [0.25, 0.3) is 0 Å². The zero-order valence-electron chi connectivity index (χ0n) is 20.6. The van der Waals surface area contributed by atoms with Gasteiger partial charge in [-0.05, 0) is 47.4 Å². The fraction of sp³-hybridized carbons (Fsp3) is 0.346. The van der Waals surface area contributed by atoms with Crippen LogP contribution in [0.25, 0.3) is 0 Å². The lowest BCUT2D eigenvalue weighted by molar-refractivity contribution is 0.301.